The number of ether oxygens (including phenoxy) is 2. The van der Waals surface area contributed by atoms with Crippen LogP contribution in [0.15, 0.2) is 72.8 Å². The summed E-state index contributed by atoms with van der Waals surface area (Å²) in [4.78, 5) is 14.8. The van der Waals surface area contributed by atoms with Crippen LogP contribution in [0, 0.1) is 0 Å². The Kier molecular flexibility index (Phi) is 11.3. The zero-order valence-electron chi connectivity index (χ0n) is 22.9. The van der Waals surface area contributed by atoms with Gasteiger partial charge < -0.3 is 14.6 Å². The Hall–Kier alpha value is -2.57. The van der Waals surface area contributed by atoms with Crippen LogP contribution in [-0.4, -0.2) is 40.8 Å². The van der Waals surface area contributed by atoms with E-state index in [1.807, 2.05) is 36.4 Å². The topological polar surface area (TPSA) is 59.0 Å². The normalized spacial score (nSPS) is 16.0. The Morgan fingerprint density at radius 2 is 1.85 bits per heavy atom. The highest BCUT2D eigenvalue weighted by molar-refractivity contribution is 6.30. The van der Waals surface area contributed by atoms with Gasteiger partial charge in [-0.25, -0.2) is 4.79 Å². The predicted molar refractivity (Wildman–Crippen MR) is 159 cm³/mol. The molecule has 0 amide bonds. The summed E-state index contributed by atoms with van der Waals surface area (Å²) in [5, 5.41) is 11.8. The quantitative estimate of drug-likeness (QED) is 0.210. The minimum atomic E-state index is -1.07. The Morgan fingerprint density at radius 1 is 1.08 bits per heavy atom. The van der Waals surface area contributed by atoms with E-state index < -0.39 is 11.7 Å². The van der Waals surface area contributed by atoms with Gasteiger partial charge in [0.15, 0.2) is 5.60 Å². The monoisotopic (exact) mass is 571 g/mol. The predicted octanol–water partition coefficient (Wildman–Crippen LogP) is 6.97. The molecule has 4 rings (SSSR count). The fraction of sp³-hybridized carbons (Fsp3) is 0.406. The molecule has 210 valence electrons. The lowest BCUT2D eigenvalue weighted by Crippen LogP contribution is -2.40. The molecule has 1 aliphatic carbocycles. The molecular weight excluding hydrogens is 533 g/mol. The second-order valence-corrected chi connectivity index (χ2v) is 10.9. The van der Waals surface area contributed by atoms with E-state index in [4.69, 9.17) is 21.1 Å². The number of fused-ring (bicyclic) bond motifs is 1. The number of carbonyl (C=O) groups excluding carboxylic acids is 1. The molecule has 0 fully saturated rings. The first kappa shape index (κ1) is 31.0. The lowest BCUT2D eigenvalue weighted by molar-refractivity contribution is -0.158. The number of esters is 1. The molecule has 1 aliphatic rings. The van der Waals surface area contributed by atoms with Crippen LogP contribution in [0.4, 0.5) is 0 Å². The summed E-state index contributed by atoms with van der Waals surface area (Å²) in [7, 11) is 0. The Balaban J connectivity index is 0.00000420. The molecule has 0 spiro atoms. The van der Waals surface area contributed by atoms with Gasteiger partial charge in [-0.2, -0.15) is 0 Å². The summed E-state index contributed by atoms with van der Waals surface area (Å²) in [6.07, 6.45) is 3.25. The Morgan fingerprint density at radius 3 is 2.56 bits per heavy atom. The zero-order valence-corrected chi connectivity index (χ0v) is 24.5. The fourth-order valence-corrected chi connectivity index (χ4v) is 5.34. The molecule has 0 aromatic heterocycles. The van der Waals surface area contributed by atoms with E-state index in [1.54, 1.807) is 20.8 Å². The van der Waals surface area contributed by atoms with Crippen LogP contribution in [0.5, 0.6) is 5.75 Å². The van der Waals surface area contributed by atoms with Gasteiger partial charge in [-0.05, 0) is 93.0 Å². The van der Waals surface area contributed by atoms with Crippen molar-refractivity contribution in [1.29, 1.82) is 0 Å². The second kappa shape index (κ2) is 14.2. The third kappa shape index (κ3) is 8.46. The van der Waals surface area contributed by atoms with Crippen LogP contribution in [0.25, 0.3) is 0 Å². The maximum Gasteiger partial charge on any atom is 0.349 e. The highest BCUT2D eigenvalue weighted by Gasteiger charge is 2.32. The third-order valence-corrected chi connectivity index (χ3v) is 7.38. The van der Waals surface area contributed by atoms with Gasteiger partial charge in [-0.15, -0.1) is 12.4 Å². The van der Waals surface area contributed by atoms with Gasteiger partial charge in [0, 0.05) is 24.2 Å². The first-order valence-corrected chi connectivity index (χ1v) is 13.8. The molecule has 1 unspecified atom stereocenters. The lowest BCUT2D eigenvalue weighted by atomic mass is 9.99. The van der Waals surface area contributed by atoms with Crippen molar-refractivity contribution in [3.05, 3.63) is 100 Å². The fourth-order valence-electron chi connectivity index (χ4n) is 5.14. The van der Waals surface area contributed by atoms with Crippen molar-refractivity contribution in [1.82, 2.24) is 4.90 Å². The number of rotatable bonds is 10. The van der Waals surface area contributed by atoms with Crippen molar-refractivity contribution in [2.75, 3.05) is 13.2 Å². The average molecular weight is 573 g/mol. The molecule has 0 aliphatic heterocycles. The summed E-state index contributed by atoms with van der Waals surface area (Å²) in [6, 6.07) is 24.2. The highest BCUT2D eigenvalue weighted by Crippen LogP contribution is 2.31. The first-order chi connectivity index (χ1) is 18.2. The van der Waals surface area contributed by atoms with Crippen LogP contribution in [0.1, 0.15) is 62.0 Å². The molecule has 3 aromatic rings. The number of hydrogen-bond acceptors (Lipinski definition) is 5. The van der Waals surface area contributed by atoms with Gasteiger partial charge in [-0.3, -0.25) is 4.90 Å². The number of benzene rings is 3. The van der Waals surface area contributed by atoms with Gasteiger partial charge in [0.2, 0.25) is 0 Å². The zero-order chi connectivity index (χ0) is 27.1. The van der Waals surface area contributed by atoms with Gasteiger partial charge in [-0.1, -0.05) is 60.1 Å². The third-order valence-electron chi connectivity index (χ3n) is 7.14. The molecule has 3 aromatic carbocycles. The number of aliphatic hydroxyl groups is 1. The van der Waals surface area contributed by atoms with Gasteiger partial charge in [0.05, 0.1) is 12.7 Å². The van der Waals surface area contributed by atoms with E-state index in [2.05, 4.69) is 41.3 Å². The Labute approximate surface area is 243 Å². The smallest absolute Gasteiger partial charge is 0.349 e. The van der Waals surface area contributed by atoms with E-state index >= 15 is 0 Å². The molecule has 0 saturated carbocycles. The van der Waals surface area contributed by atoms with Crippen LogP contribution < -0.4 is 4.74 Å². The molecule has 7 heteroatoms. The standard InChI is InChI=1S/C32H38ClNO4.ClH/c1-4-37-31(36)32(2,3)38-29-17-16-24-12-9-15-28(19-26(24)20-29)34(21-23-10-6-5-7-11-23)22-30(35)25-13-8-14-27(33)18-25;/h5-8,10-11,13-14,16-18,20,28,30,35H,4,9,12,15,19,21-22H2,1-3H3;1H/t28?,30-;/m0./s1. The lowest BCUT2D eigenvalue weighted by Gasteiger charge is -2.33. The summed E-state index contributed by atoms with van der Waals surface area (Å²) in [5.41, 5.74) is 3.49. The van der Waals surface area contributed by atoms with E-state index in [-0.39, 0.29) is 24.4 Å². The molecule has 1 N–H and O–H groups in total. The second-order valence-electron chi connectivity index (χ2n) is 10.5. The van der Waals surface area contributed by atoms with E-state index in [0.29, 0.717) is 23.9 Å². The minimum absolute atomic E-state index is 0. The van der Waals surface area contributed by atoms with Crippen LogP contribution >= 0.6 is 24.0 Å². The van der Waals surface area contributed by atoms with Crippen molar-refractivity contribution < 1.29 is 19.4 Å². The van der Waals surface area contributed by atoms with Gasteiger partial charge in [0.25, 0.3) is 0 Å². The number of aryl methyl sites for hydroxylation is 1. The maximum absolute atomic E-state index is 12.4. The first-order valence-electron chi connectivity index (χ1n) is 13.4. The average Bonchev–Trinajstić information content (AvgIpc) is 3.11. The van der Waals surface area contributed by atoms with Crippen molar-refractivity contribution in [3.63, 3.8) is 0 Å². The Bertz CT molecular complexity index is 1220. The molecule has 0 heterocycles. The molecule has 5 nitrogen and oxygen atoms in total. The summed E-state index contributed by atoms with van der Waals surface area (Å²) < 4.78 is 11.3. The van der Waals surface area contributed by atoms with E-state index in [0.717, 1.165) is 37.8 Å². The number of hydrogen-bond donors (Lipinski definition) is 1. The maximum atomic E-state index is 12.4. The minimum Gasteiger partial charge on any atom is -0.476 e. The molecule has 0 bridgehead atoms. The van der Waals surface area contributed by atoms with Gasteiger partial charge >= 0.3 is 5.97 Å². The van der Waals surface area contributed by atoms with E-state index in [9.17, 15) is 9.90 Å². The number of aliphatic hydroxyl groups excluding tert-OH is 1. The molecular formula is C32H39Cl2NO4. The molecule has 2 atom stereocenters. The summed E-state index contributed by atoms with van der Waals surface area (Å²) in [6.45, 7) is 6.82. The molecule has 39 heavy (non-hydrogen) atoms. The molecule has 0 radical (unpaired) electrons. The summed E-state index contributed by atoms with van der Waals surface area (Å²) in [5.74, 6) is 0.285. The van der Waals surface area contributed by atoms with Crippen LogP contribution in [0.2, 0.25) is 5.02 Å². The SMILES string of the molecule is CCOC(=O)C(C)(C)Oc1ccc2c(c1)CC(N(Cc1ccccc1)C[C@H](O)c1cccc(Cl)c1)CCC2.Cl. The van der Waals surface area contributed by atoms with Crippen molar-refractivity contribution in [2.24, 2.45) is 0 Å². The highest BCUT2D eigenvalue weighted by atomic mass is 35.5. The van der Waals surface area contributed by atoms with Crippen molar-refractivity contribution in [3.8, 4) is 5.75 Å². The summed E-state index contributed by atoms with van der Waals surface area (Å²) >= 11 is 6.21. The van der Waals surface area contributed by atoms with Gasteiger partial charge in [0.1, 0.15) is 5.75 Å². The van der Waals surface area contributed by atoms with E-state index in [1.165, 1.54) is 16.7 Å². The van der Waals surface area contributed by atoms with Crippen LogP contribution in [0.3, 0.4) is 0 Å². The number of halogens is 2. The largest absolute Gasteiger partial charge is 0.476 e. The van der Waals surface area contributed by atoms with Crippen molar-refractivity contribution >= 4 is 30.0 Å². The number of nitrogens with zero attached hydrogens (tertiary/aromatic N) is 1. The van der Waals surface area contributed by atoms with Crippen molar-refractivity contribution in [2.45, 2.75) is 70.7 Å². The molecule has 0 saturated heterocycles. The van der Waals surface area contributed by atoms with Crippen LogP contribution in [-0.2, 0) is 28.9 Å². The number of carbonyl (C=O) groups is 1.